The maximum Gasteiger partial charge on any atom is 0.151 e. The average molecular weight is 257 g/mol. The number of nitrogens with zero attached hydrogens (tertiary/aromatic N) is 2. The van der Waals surface area contributed by atoms with E-state index in [-0.39, 0.29) is 0 Å². The fourth-order valence-electron chi connectivity index (χ4n) is 1.41. The van der Waals surface area contributed by atoms with Crippen LogP contribution >= 0.6 is 11.8 Å². The van der Waals surface area contributed by atoms with Crippen LogP contribution in [0.5, 0.6) is 0 Å². The highest BCUT2D eigenvalue weighted by atomic mass is 32.2. The molecular formula is C12H23N3OS. The minimum Gasteiger partial charge on any atom is -0.360 e. The van der Waals surface area contributed by atoms with Gasteiger partial charge in [-0.25, -0.2) is 0 Å². The van der Waals surface area contributed by atoms with Gasteiger partial charge in [-0.2, -0.15) is 11.8 Å². The van der Waals surface area contributed by atoms with E-state index in [0.29, 0.717) is 6.04 Å². The average Bonchev–Trinajstić information content (AvgIpc) is 2.71. The zero-order chi connectivity index (χ0) is 12.7. The van der Waals surface area contributed by atoms with E-state index >= 15 is 0 Å². The fraction of sp³-hybridized carbons (Fsp3) is 0.750. The van der Waals surface area contributed by atoms with Gasteiger partial charge in [0.25, 0.3) is 0 Å². The SMILES string of the molecule is CSCCN(C)Cc1cc(CNC(C)C)no1. The molecule has 0 aliphatic carbocycles. The monoisotopic (exact) mass is 257 g/mol. The van der Waals surface area contributed by atoms with Crippen molar-refractivity contribution >= 4 is 11.8 Å². The van der Waals surface area contributed by atoms with E-state index in [9.17, 15) is 0 Å². The first kappa shape index (κ1) is 14.5. The fourth-order valence-corrected chi connectivity index (χ4v) is 1.91. The molecule has 0 fully saturated rings. The number of hydrogen-bond acceptors (Lipinski definition) is 5. The van der Waals surface area contributed by atoms with Gasteiger partial charge >= 0.3 is 0 Å². The van der Waals surface area contributed by atoms with Crippen molar-refractivity contribution in [2.45, 2.75) is 33.0 Å². The van der Waals surface area contributed by atoms with Gasteiger partial charge < -0.3 is 9.84 Å². The highest BCUT2D eigenvalue weighted by molar-refractivity contribution is 7.98. The number of thioether (sulfide) groups is 1. The Bertz CT molecular complexity index is 314. The van der Waals surface area contributed by atoms with Crippen molar-refractivity contribution in [3.8, 4) is 0 Å². The molecule has 0 radical (unpaired) electrons. The van der Waals surface area contributed by atoms with Crippen LogP contribution < -0.4 is 5.32 Å². The van der Waals surface area contributed by atoms with Crippen LogP contribution in [-0.4, -0.2) is 41.7 Å². The van der Waals surface area contributed by atoms with Crippen LogP contribution in [0.2, 0.25) is 0 Å². The molecule has 98 valence electrons. The predicted octanol–water partition coefficient (Wildman–Crippen LogP) is 1.97. The van der Waals surface area contributed by atoms with Crippen molar-refractivity contribution in [2.24, 2.45) is 0 Å². The van der Waals surface area contributed by atoms with E-state index in [1.165, 1.54) is 0 Å². The molecule has 1 N–H and O–H groups in total. The summed E-state index contributed by atoms with van der Waals surface area (Å²) >= 11 is 1.86. The van der Waals surface area contributed by atoms with Crippen molar-refractivity contribution in [1.29, 1.82) is 0 Å². The van der Waals surface area contributed by atoms with Gasteiger partial charge in [0, 0.05) is 31.0 Å². The molecule has 0 aliphatic rings. The minimum atomic E-state index is 0.472. The van der Waals surface area contributed by atoms with Crippen molar-refractivity contribution in [1.82, 2.24) is 15.4 Å². The van der Waals surface area contributed by atoms with E-state index in [1.807, 2.05) is 17.8 Å². The lowest BCUT2D eigenvalue weighted by Gasteiger charge is -2.12. The number of rotatable bonds is 8. The first-order chi connectivity index (χ1) is 8.11. The van der Waals surface area contributed by atoms with Crippen LogP contribution in [0.4, 0.5) is 0 Å². The van der Waals surface area contributed by atoms with Gasteiger partial charge in [0.15, 0.2) is 5.76 Å². The Kier molecular flexibility index (Phi) is 6.62. The molecule has 0 saturated carbocycles. The van der Waals surface area contributed by atoms with Crippen molar-refractivity contribution in [2.75, 3.05) is 25.6 Å². The van der Waals surface area contributed by atoms with Crippen molar-refractivity contribution in [3.05, 3.63) is 17.5 Å². The lowest BCUT2D eigenvalue weighted by atomic mass is 10.3. The molecule has 0 amide bonds. The molecule has 1 heterocycles. The van der Waals surface area contributed by atoms with Crippen LogP contribution in [0.1, 0.15) is 25.3 Å². The van der Waals surface area contributed by atoms with Gasteiger partial charge in [-0.1, -0.05) is 19.0 Å². The van der Waals surface area contributed by atoms with Gasteiger partial charge in [0.05, 0.1) is 12.2 Å². The quantitative estimate of drug-likeness (QED) is 0.771. The molecular weight excluding hydrogens is 234 g/mol. The molecule has 0 saturated heterocycles. The first-order valence-corrected chi connectivity index (χ1v) is 7.36. The Morgan fingerprint density at radius 3 is 2.94 bits per heavy atom. The van der Waals surface area contributed by atoms with E-state index in [1.54, 1.807) is 0 Å². The van der Waals surface area contributed by atoms with Gasteiger partial charge in [-0.05, 0) is 13.3 Å². The molecule has 1 rings (SSSR count). The molecule has 5 heteroatoms. The summed E-state index contributed by atoms with van der Waals surface area (Å²) in [4.78, 5) is 2.25. The summed E-state index contributed by atoms with van der Waals surface area (Å²) in [6.07, 6.45) is 2.12. The maximum absolute atomic E-state index is 5.31. The van der Waals surface area contributed by atoms with Crippen LogP contribution in [0.15, 0.2) is 10.6 Å². The zero-order valence-electron chi connectivity index (χ0n) is 11.2. The van der Waals surface area contributed by atoms with Gasteiger partial charge in [0.2, 0.25) is 0 Å². The van der Waals surface area contributed by atoms with Gasteiger partial charge in [-0.15, -0.1) is 0 Å². The maximum atomic E-state index is 5.31. The van der Waals surface area contributed by atoms with Crippen LogP contribution in [0, 0.1) is 0 Å². The lowest BCUT2D eigenvalue weighted by molar-refractivity contribution is 0.283. The molecule has 1 aromatic rings. The molecule has 0 spiro atoms. The molecule has 4 nitrogen and oxygen atoms in total. The second kappa shape index (κ2) is 7.74. The second-order valence-corrected chi connectivity index (χ2v) is 5.54. The van der Waals surface area contributed by atoms with E-state index < -0.39 is 0 Å². The summed E-state index contributed by atoms with van der Waals surface area (Å²) in [6.45, 7) is 6.92. The number of nitrogens with one attached hydrogen (secondary N) is 1. The molecule has 17 heavy (non-hydrogen) atoms. The molecule has 0 unspecified atom stereocenters. The van der Waals surface area contributed by atoms with E-state index in [0.717, 1.165) is 36.8 Å². The predicted molar refractivity (Wildman–Crippen MR) is 73.2 cm³/mol. The smallest absolute Gasteiger partial charge is 0.151 e. The van der Waals surface area contributed by atoms with Gasteiger partial charge in [-0.3, -0.25) is 4.90 Å². The summed E-state index contributed by atoms with van der Waals surface area (Å²) in [5.41, 5.74) is 0.979. The third-order valence-electron chi connectivity index (χ3n) is 2.40. The van der Waals surface area contributed by atoms with E-state index in [2.05, 4.69) is 42.5 Å². The Labute approximate surface area is 108 Å². The lowest BCUT2D eigenvalue weighted by Crippen LogP contribution is -2.22. The minimum absolute atomic E-state index is 0.472. The van der Waals surface area contributed by atoms with Gasteiger partial charge in [0.1, 0.15) is 0 Å². The topological polar surface area (TPSA) is 41.3 Å². The Morgan fingerprint density at radius 1 is 1.53 bits per heavy atom. The summed E-state index contributed by atoms with van der Waals surface area (Å²) < 4.78 is 5.31. The highest BCUT2D eigenvalue weighted by Gasteiger charge is 2.07. The molecule has 1 aromatic heterocycles. The van der Waals surface area contributed by atoms with Crippen LogP contribution in [-0.2, 0) is 13.1 Å². The number of aromatic nitrogens is 1. The third-order valence-corrected chi connectivity index (χ3v) is 2.99. The Balaban J connectivity index is 2.34. The van der Waals surface area contributed by atoms with Crippen molar-refractivity contribution in [3.63, 3.8) is 0 Å². The normalized spacial score (nSPS) is 11.6. The third kappa shape index (κ3) is 6.10. The first-order valence-electron chi connectivity index (χ1n) is 5.97. The summed E-state index contributed by atoms with van der Waals surface area (Å²) in [6, 6.07) is 2.50. The second-order valence-electron chi connectivity index (χ2n) is 4.55. The standard InChI is InChI=1S/C12H23N3OS/c1-10(2)13-8-11-7-12(16-14-11)9-15(3)5-6-17-4/h7,10,13H,5-6,8-9H2,1-4H3. The summed E-state index contributed by atoms with van der Waals surface area (Å²) in [5, 5.41) is 7.38. The molecule has 0 atom stereocenters. The Morgan fingerprint density at radius 2 is 2.29 bits per heavy atom. The number of hydrogen-bond donors (Lipinski definition) is 1. The summed E-state index contributed by atoms with van der Waals surface area (Å²) in [7, 11) is 2.10. The van der Waals surface area contributed by atoms with E-state index in [4.69, 9.17) is 4.52 Å². The van der Waals surface area contributed by atoms with Crippen LogP contribution in [0.25, 0.3) is 0 Å². The summed E-state index contributed by atoms with van der Waals surface area (Å²) in [5.74, 6) is 2.08. The Hall–Kier alpha value is -0.520. The largest absolute Gasteiger partial charge is 0.360 e. The molecule has 0 bridgehead atoms. The zero-order valence-corrected chi connectivity index (χ0v) is 12.0. The molecule has 0 aromatic carbocycles. The van der Waals surface area contributed by atoms with Crippen molar-refractivity contribution < 1.29 is 4.52 Å². The highest BCUT2D eigenvalue weighted by Crippen LogP contribution is 2.07. The van der Waals surface area contributed by atoms with Crippen LogP contribution in [0.3, 0.4) is 0 Å². The molecule has 0 aliphatic heterocycles.